The number of methoxy groups -OCH3 is 1. The van der Waals surface area contributed by atoms with E-state index in [1.54, 1.807) is 13.2 Å². The maximum absolute atomic E-state index is 13.3. The van der Waals surface area contributed by atoms with Crippen LogP contribution < -0.4 is 10.1 Å². The second-order valence-electron chi connectivity index (χ2n) is 4.27. The first-order valence-corrected chi connectivity index (χ1v) is 6.33. The first kappa shape index (κ1) is 13.7. The standard InChI is InChI=1S/C15H15ClFNO/c1-10(14-5-3-4-6-15(14)19-2)18-13-8-11(16)7-12(17)9-13/h3-10,18H,1-2H3. The van der Waals surface area contributed by atoms with Crippen molar-refractivity contribution in [2.24, 2.45) is 0 Å². The van der Waals surface area contributed by atoms with Crippen LogP contribution in [0.5, 0.6) is 5.75 Å². The van der Waals surface area contributed by atoms with Gasteiger partial charge in [0.1, 0.15) is 11.6 Å². The second kappa shape index (κ2) is 5.93. The molecule has 0 amide bonds. The summed E-state index contributed by atoms with van der Waals surface area (Å²) in [5.74, 6) is 0.437. The van der Waals surface area contributed by atoms with E-state index >= 15 is 0 Å². The number of nitrogens with one attached hydrogen (secondary N) is 1. The van der Waals surface area contributed by atoms with Crippen molar-refractivity contribution in [1.29, 1.82) is 0 Å². The van der Waals surface area contributed by atoms with Crippen molar-refractivity contribution >= 4 is 17.3 Å². The molecule has 0 heterocycles. The molecule has 1 unspecified atom stereocenters. The molecule has 100 valence electrons. The minimum absolute atomic E-state index is 0.0194. The number of anilines is 1. The van der Waals surface area contributed by atoms with E-state index in [0.717, 1.165) is 11.3 Å². The highest BCUT2D eigenvalue weighted by atomic mass is 35.5. The first-order valence-electron chi connectivity index (χ1n) is 5.95. The fourth-order valence-electron chi connectivity index (χ4n) is 1.99. The van der Waals surface area contributed by atoms with Crippen LogP contribution in [0.25, 0.3) is 0 Å². The van der Waals surface area contributed by atoms with Gasteiger partial charge < -0.3 is 10.1 Å². The quantitative estimate of drug-likeness (QED) is 0.879. The van der Waals surface area contributed by atoms with E-state index in [9.17, 15) is 4.39 Å². The molecular weight excluding hydrogens is 265 g/mol. The Bertz CT molecular complexity index is 554. The van der Waals surface area contributed by atoms with E-state index in [2.05, 4.69) is 5.32 Å². The van der Waals surface area contributed by atoms with Gasteiger partial charge in [-0.1, -0.05) is 29.8 Å². The van der Waals surface area contributed by atoms with Gasteiger partial charge in [0, 0.05) is 16.3 Å². The molecule has 19 heavy (non-hydrogen) atoms. The van der Waals surface area contributed by atoms with Crippen LogP contribution >= 0.6 is 11.6 Å². The smallest absolute Gasteiger partial charge is 0.126 e. The molecule has 0 aromatic heterocycles. The summed E-state index contributed by atoms with van der Waals surface area (Å²) < 4.78 is 18.6. The number of hydrogen-bond donors (Lipinski definition) is 1. The van der Waals surface area contributed by atoms with Crippen molar-refractivity contribution < 1.29 is 9.13 Å². The molecule has 0 aliphatic carbocycles. The lowest BCUT2D eigenvalue weighted by Gasteiger charge is -2.18. The Balaban J connectivity index is 2.22. The van der Waals surface area contributed by atoms with E-state index in [-0.39, 0.29) is 11.9 Å². The van der Waals surface area contributed by atoms with E-state index in [1.807, 2.05) is 31.2 Å². The summed E-state index contributed by atoms with van der Waals surface area (Å²) in [6, 6.07) is 12.1. The third-order valence-electron chi connectivity index (χ3n) is 2.85. The zero-order valence-electron chi connectivity index (χ0n) is 10.8. The highest BCUT2D eigenvalue weighted by molar-refractivity contribution is 6.30. The maximum atomic E-state index is 13.3. The number of hydrogen-bond acceptors (Lipinski definition) is 2. The third-order valence-corrected chi connectivity index (χ3v) is 3.07. The van der Waals surface area contributed by atoms with Gasteiger partial charge in [0.05, 0.1) is 13.2 Å². The van der Waals surface area contributed by atoms with E-state index in [4.69, 9.17) is 16.3 Å². The molecule has 0 saturated carbocycles. The molecular formula is C15H15ClFNO. The normalized spacial score (nSPS) is 12.0. The van der Waals surface area contributed by atoms with Crippen LogP contribution in [0.1, 0.15) is 18.5 Å². The molecule has 2 aromatic carbocycles. The molecule has 0 radical (unpaired) electrons. The van der Waals surface area contributed by atoms with Crippen LogP contribution in [0.2, 0.25) is 5.02 Å². The fourth-order valence-corrected chi connectivity index (χ4v) is 2.21. The van der Waals surface area contributed by atoms with Gasteiger partial charge in [0.25, 0.3) is 0 Å². The molecule has 2 rings (SSSR count). The van der Waals surface area contributed by atoms with Crippen molar-refractivity contribution in [2.75, 3.05) is 12.4 Å². The molecule has 0 fully saturated rings. The monoisotopic (exact) mass is 279 g/mol. The van der Waals surface area contributed by atoms with Gasteiger partial charge >= 0.3 is 0 Å². The van der Waals surface area contributed by atoms with Crippen LogP contribution in [0.15, 0.2) is 42.5 Å². The number of rotatable bonds is 4. The van der Waals surface area contributed by atoms with Crippen molar-refractivity contribution in [1.82, 2.24) is 0 Å². The van der Waals surface area contributed by atoms with Gasteiger partial charge in [-0.2, -0.15) is 0 Å². The summed E-state index contributed by atoms with van der Waals surface area (Å²) in [6.45, 7) is 1.98. The Morgan fingerprint density at radius 1 is 1.21 bits per heavy atom. The van der Waals surface area contributed by atoms with Gasteiger partial charge in [0.15, 0.2) is 0 Å². The van der Waals surface area contributed by atoms with Crippen molar-refractivity contribution in [2.45, 2.75) is 13.0 Å². The minimum Gasteiger partial charge on any atom is -0.496 e. The number of benzene rings is 2. The topological polar surface area (TPSA) is 21.3 Å². The summed E-state index contributed by atoms with van der Waals surface area (Å²) in [5.41, 5.74) is 1.65. The Morgan fingerprint density at radius 2 is 1.95 bits per heavy atom. The zero-order chi connectivity index (χ0) is 13.8. The Hall–Kier alpha value is -1.74. The lowest BCUT2D eigenvalue weighted by atomic mass is 10.1. The molecule has 0 aliphatic heterocycles. The summed E-state index contributed by atoms with van der Waals surface area (Å²) >= 11 is 5.83. The van der Waals surface area contributed by atoms with Gasteiger partial charge in [0.2, 0.25) is 0 Å². The summed E-state index contributed by atoms with van der Waals surface area (Å²) in [4.78, 5) is 0. The molecule has 0 saturated heterocycles. The summed E-state index contributed by atoms with van der Waals surface area (Å²) in [6.07, 6.45) is 0. The number of ether oxygens (including phenoxy) is 1. The Labute approximate surface area is 117 Å². The first-order chi connectivity index (χ1) is 9.10. The van der Waals surface area contributed by atoms with Gasteiger partial charge in [-0.3, -0.25) is 0 Å². The molecule has 2 aromatic rings. The average molecular weight is 280 g/mol. The van der Waals surface area contributed by atoms with Crippen LogP contribution in [0.3, 0.4) is 0 Å². The molecule has 0 spiro atoms. The predicted molar refractivity (Wildman–Crippen MR) is 76.4 cm³/mol. The molecule has 2 nitrogen and oxygen atoms in total. The Kier molecular flexibility index (Phi) is 4.27. The summed E-state index contributed by atoms with van der Waals surface area (Å²) in [7, 11) is 1.63. The SMILES string of the molecule is COc1ccccc1C(C)Nc1cc(F)cc(Cl)c1. The van der Waals surface area contributed by atoms with Crippen LogP contribution in [-0.2, 0) is 0 Å². The highest BCUT2D eigenvalue weighted by Crippen LogP contribution is 2.28. The van der Waals surface area contributed by atoms with Crippen molar-refractivity contribution in [3.05, 3.63) is 58.9 Å². The number of halogens is 2. The van der Waals surface area contributed by atoms with Crippen LogP contribution in [0, 0.1) is 5.82 Å². The van der Waals surface area contributed by atoms with Gasteiger partial charge in [-0.25, -0.2) is 4.39 Å². The largest absolute Gasteiger partial charge is 0.496 e. The molecule has 0 aliphatic rings. The third kappa shape index (κ3) is 3.38. The molecule has 1 N–H and O–H groups in total. The fraction of sp³-hybridized carbons (Fsp3) is 0.200. The van der Waals surface area contributed by atoms with Crippen molar-refractivity contribution in [3.8, 4) is 5.75 Å². The van der Waals surface area contributed by atoms with E-state index in [1.165, 1.54) is 12.1 Å². The van der Waals surface area contributed by atoms with E-state index in [0.29, 0.717) is 10.7 Å². The van der Waals surface area contributed by atoms with Gasteiger partial charge in [-0.05, 0) is 31.2 Å². The zero-order valence-corrected chi connectivity index (χ0v) is 11.5. The van der Waals surface area contributed by atoms with E-state index < -0.39 is 0 Å². The average Bonchev–Trinajstić information content (AvgIpc) is 2.37. The highest BCUT2D eigenvalue weighted by Gasteiger charge is 2.11. The predicted octanol–water partition coefficient (Wildman–Crippen LogP) is 4.66. The number of para-hydroxylation sites is 1. The summed E-state index contributed by atoms with van der Waals surface area (Å²) in [5, 5.41) is 3.58. The second-order valence-corrected chi connectivity index (χ2v) is 4.70. The molecule has 1 atom stereocenters. The molecule has 0 bridgehead atoms. The lowest BCUT2D eigenvalue weighted by Crippen LogP contribution is -2.08. The Morgan fingerprint density at radius 3 is 2.63 bits per heavy atom. The van der Waals surface area contributed by atoms with Crippen LogP contribution in [-0.4, -0.2) is 7.11 Å². The van der Waals surface area contributed by atoms with Gasteiger partial charge in [-0.15, -0.1) is 0 Å². The maximum Gasteiger partial charge on any atom is 0.126 e. The van der Waals surface area contributed by atoms with Crippen LogP contribution in [0.4, 0.5) is 10.1 Å². The lowest BCUT2D eigenvalue weighted by molar-refractivity contribution is 0.408. The minimum atomic E-state index is -0.359. The molecule has 4 heteroatoms. The van der Waals surface area contributed by atoms with Crippen molar-refractivity contribution in [3.63, 3.8) is 0 Å².